The molecule has 0 fully saturated rings. The van der Waals surface area contributed by atoms with Crippen LogP contribution in [0.4, 0.5) is 0 Å². The third kappa shape index (κ3) is 5.07. The SMILES string of the molecule is Cc1nc(CCNS(=O)(=O)Cc2ccc(Cl)cc2)sc1C. The van der Waals surface area contributed by atoms with Gasteiger partial charge in [-0.2, -0.15) is 0 Å². The summed E-state index contributed by atoms with van der Waals surface area (Å²) >= 11 is 7.39. The van der Waals surface area contributed by atoms with Crippen LogP contribution in [0, 0.1) is 13.8 Å². The number of nitrogens with one attached hydrogen (secondary N) is 1. The van der Waals surface area contributed by atoms with Gasteiger partial charge in [-0.1, -0.05) is 23.7 Å². The van der Waals surface area contributed by atoms with Gasteiger partial charge in [-0.3, -0.25) is 0 Å². The Morgan fingerprint density at radius 2 is 1.90 bits per heavy atom. The largest absolute Gasteiger partial charge is 0.246 e. The summed E-state index contributed by atoms with van der Waals surface area (Å²) in [7, 11) is -3.34. The van der Waals surface area contributed by atoms with Gasteiger partial charge in [0.25, 0.3) is 0 Å². The predicted octanol–water partition coefficient (Wildman–Crippen LogP) is 3.08. The minimum Gasteiger partial charge on any atom is -0.246 e. The fraction of sp³-hybridized carbons (Fsp3) is 0.357. The van der Waals surface area contributed by atoms with E-state index in [0.29, 0.717) is 23.6 Å². The number of nitrogens with zero attached hydrogens (tertiary/aromatic N) is 1. The third-order valence-corrected chi connectivity index (χ3v) is 5.75. The van der Waals surface area contributed by atoms with Crippen LogP contribution in [0.5, 0.6) is 0 Å². The van der Waals surface area contributed by atoms with Crippen molar-refractivity contribution in [1.82, 2.24) is 9.71 Å². The number of thiazole rings is 1. The van der Waals surface area contributed by atoms with Gasteiger partial charge in [0.1, 0.15) is 0 Å². The van der Waals surface area contributed by atoms with Gasteiger partial charge in [-0.25, -0.2) is 18.1 Å². The number of halogens is 1. The highest BCUT2D eigenvalue weighted by Gasteiger charge is 2.12. The maximum atomic E-state index is 12.0. The van der Waals surface area contributed by atoms with Crippen LogP contribution in [0.3, 0.4) is 0 Å². The van der Waals surface area contributed by atoms with Crippen LogP contribution in [-0.2, 0) is 22.2 Å². The zero-order chi connectivity index (χ0) is 15.5. The quantitative estimate of drug-likeness (QED) is 0.876. The van der Waals surface area contributed by atoms with Crippen LogP contribution < -0.4 is 4.72 Å². The van der Waals surface area contributed by atoms with Gasteiger partial charge in [-0.15, -0.1) is 11.3 Å². The first-order valence-electron chi connectivity index (χ1n) is 6.50. The summed E-state index contributed by atoms with van der Waals surface area (Å²) in [5.74, 6) is -0.0416. The lowest BCUT2D eigenvalue weighted by Gasteiger charge is -2.06. The van der Waals surface area contributed by atoms with Crippen LogP contribution in [0.1, 0.15) is 21.1 Å². The normalized spacial score (nSPS) is 11.8. The van der Waals surface area contributed by atoms with Crippen molar-refractivity contribution in [2.24, 2.45) is 0 Å². The van der Waals surface area contributed by atoms with E-state index in [2.05, 4.69) is 9.71 Å². The van der Waals surface area contributed by atoms with E-state index in [-0.39, 0.29) is 5.75 Å². The molecule has 0 unspecified atom stereocenters. The molecule has 1 N–H and O–H groups in total. The molecule has 0 atom stereocenters. The number of aryl methyl sites for hydroxylation is 2. The summed E-state index contributed by atoms with van der Waals surface area (Å²) in [5, 5.41) is 1.55. The van der Waals surface area contributed by atoms with Crippen LogP contribution in [0.25, 0.3) is 0 Å². The van der Waals surface area contributed by atoms with Gasteiger partial charge in [0.15, 0.2) is 0 Å². The molecule has 7 heteroatoms. The van der Waals surface area contributed by atoms with Crippen molar-refractivity contribution in [2.75, 3.05) is 6.54 Å². The number of hydrogen-bond donors (Lipinski definition) is 1. The first-order valence-corrected chi connectivity index (χ1v) is 9.35. The zero-order valence-corrected chi connectivity index (χ0v) is 14.3. The van der Waals surface area contributed by atoms with Crippen molar-refractivity contribution in [3.8, 4) is 0 Å². The summed E-state index contributed by atoms with van der Waals surface area (Å²) in [6, 6.07) is 6.81. The van der Waals surface area contributed by atoms with Gasteiger partial charge in [0.05, 0.1) is 16.5 Å². The highest BCUT2D eigenvalue weighted by molar-refractivity contribution is 7.88. The summed E-state index contributed by atoms with van der Waals surface area (Å²) in [6.07, 6.45) is 0.610. The molecule has 0 aliphatic rings. The summed E-state index contributed by atoms with van der Waals surface area (Å²) in [5.41, 5.74) is 1.73. The molecule has 0 amide bonds. The molecule has 0 saturated heterocycles. The minimum absolute atomic E-state index is 0.0416. The molecule has 0 bridgehead atoms. The first-order chi connectivity index (χ1) is 9.85. The fourth-order valence-electron chi connectivity index (χ4n) is 1.81. The van der Waals surface area contributed by atoms with Crippen molar-refractivity contribution in [3.05, 3.63) is 50.4 Å². The molecule has 0 aliphatic carbocycles. The predicted molar refractivity (Wildman–Crippen MR) is 87.4 cm³/mol. The van der Waals surface area contributed by atoms with Crippen molar-refractivity contribution >= 4 is 33.0 Å². The van der Waals surface area contributed by atoms with E-state index < -0.39 is 10.0 Å². The Morgan fingerprint density at radius 3 is 2.48 bits per heavy atom. The lowest BCUT2D eigenvalue weighted by atomic mass is 10.2. The summed E-state index contributed by atoms with van der Waals surface area (Å²) in [6.45, 7) is 4.34. The van der Waals surface area contributed by atoms with E-state index in [4.69, 9.17) is 11.6 Å². The average molecular weight is 345 g/mol. The first kappa shape index (κ1) is 16.4. The molecule has 0 radical (unpaired) electrons. The molecule has 2 rings (SSSR count). The lowest BCUT2D eigenvalue weighted by molar-refractivity contribution is 0.580. The van der Waals surface area contributed by atoms with Crippen LogP contribution in [-0.4, -0.2) is 19.9 Å². The number of sulfonamides is 1. The fourth-order valence-corrected chi connectivity index (χ4v) is 4.02. The van der Waals surface area contributed by atoms with E-state index >= 15 is 0 Å². The van der Waals surface area contributed by atoms with Gasteiger partial charge in [0, 0.05) is 22.9 Å². The highest BCUT2D eigenvalue weighted by atomic mass is 35.5. The van der Waals surface area contributed by atoms with E-state index in [1.165, 1.54) is 4.88 Å². The summed E-state index contributed by atoms with van der Waals surface area (Å²) < 4.78 is 26.6. The Labute approximate surface area is 134 Å². The Hall–Kier alpha value is -0.950. The Balaban J connectivity index is 1.87. The number of aromatic nitrogens is 1. The molecule has 114 valence electrons. The molecule has 0 saturated carbocycles. The Morgan fingerprint density at radius 1 is 1.24 bits per heavy atom. The van der Waals surface area contributed by atoms with Gasteiger partial charge < -0.3 is 0 Å². The van der Waals surface area contributed by atoms with E-state index in [1.54, 1.807) is 35.6 Å². The average Bonchev–Trinajstić information content (AvgIpc) is 2.71. The maximum Gasteiger partial charge on any atom is 0.215 e. The Bertz CT molecular complexity index is 690. The second-order valence-electron chi connectivity index (χ2n) is 4.78. The van der Waals surface area contributed by atoms with E-state index in [1.807, 2.05) is 13.8 Å². The number of rotatable bonds is 6. The van der Waals surface area contributed by atoms with Crippen LogP contribution in [0.15, 0.2) is 24.3 Å². The second-order valence-corrected chi connectivity index (χ2v) is 8.31. The number of benzene rings is 1. The van der Waals surface area contributed by atoms with Gasteiger partial charge in [0.2, 0.25) is 10.0 Å². The smallest absolute Gasteiger partial charge is 0.215 e. The Kier molecular flexibility index (Phi) is 5.37. The molecule has 1 aromatic heterocycles. The zero-order valence-electron chi connectivity index (χ0n) is 11.9. The van der Waals surface area contributed by atoms with Crippen molar-refractivity contribution < 1.29 is 8.42 Å². The lowest BCUT2D eigenvalue weighted by Crippen LogP contribution is -2.27. The molecule has 0 aliphatic heterocycles. The molecular formula is C14H17ClN2O2S2. The third-order valence-electron chi connectivity index (χ3n) is 3.00. The van der Waals surface area contributed by atoms with Gasteiger partial charge in [-0.05, 0) is 31.5 Å². The van der Waals surface area contributed by atoms with Crippen molar-refractivity contribution in [1.29, 1.82) is 0 Å². The van der Waals surface area contributed by atoms with Crippen LogP contribution >= 0.6 is 22.9 Å². The second kappa shape index (κ2) is 6.87. The molecule has 4 nitrogen and oxygen atoms in total. The minimum atomic E-state index is -3.34. The molecular weight excluding hydrogens is 328 g/mol. The molecule has 0 spiro atoms. The maximum absolute atomic E-state index is 12.0. The molecule has 21 heavy (non-hydrogen) atoms. The van der Waals surface area contributed by atoms with E-state index in [9.17, 15) is 8.42 Å². The van der Waals surface area contributed by atoms with Crippen molar-refractivity contribution in [3.63, 3.8) is 0 Å². The molecule has 1 aromatic carbocycles. The van der Waals surface area contributed by atoms with E-state index in [0.717, 1.165) is 10.7 Å². The summed E-state index contributed by atoms with van der Waals surface area (Å²) in [4.78, 5) is 5.57. The van der Waals surface area contributed by atoms with Gasteiger partial charge >= 0.3 is 0 Å². The van der Waals surface area contributed by atoms with Crippen molar-refractivity contribution in [2.45, 2.75) is 26.0 Å². The van der Waals surface area contributed by atoms with Crippen LogP contribution in [0.2, 0.25) is 5.02 Å². The highest BCUT2D eigenvalue weighted by Crippen LogP contribution is 2.16. The molecule has 2 aromatic rings. The monoisotopic (exact) mass is 344 g/mol. The topological polar surface area (TPSA) is 59.1 Å². The standard InChI is InChI=1S/C14H17ClN2O2S2/c1-10-11(2)20-14(17-10)7-8-16-21(18,19)9-12-3-5-13(15)6-4-12/h3-6,16H,7-9H2,1-2H3. The molecule has 1 heterocycles. The number of hydrogen-bond acceptors (Lipinski definition) is 4.